The number of ketones is 2. The van der Waals surface area contributed by atoms with Gasteiger partial charge in [-0.15, -0.1) is 0 Å². The zero-order valence-electron chi connectivity index (χ0n) is 24.7. The van der Waals surface area contributed by atoms with Crippen molar-refractivity contribution in [3.05, 3.63) is 46.1 Å². The summed E-state index contributed by atoms with van der Waals surface area (Å²) in [5.74, 6) is -4.36. The third kappa shape index (κ3) is 8.27. The van der Waals surface area contributed by atoms with Crippen LogP contribution in [0.2, 0.25) is 0 Å². The number of hydrogen-bond acceptors (Lipinski definition) is 10. The molecule has 0 aromatic heterocycles. The highest BCUT2D eigenvalue weighted by atomic mass is 16.6. The molecule has 2 bridgehead atoms. The Kier molecular flexibility index (Phi) is 12.3. The number of carbonyl (C=O) groups excluding carboxylic acids is 4. The topological polar surface area (TPSA) is 184 Å². The molecule has 0 saturated heterocycles. The zero-order chi connectivity index (χ0) is 31.0. The number of Topliss-reactive ketones (excluding diaryl/α,β-unsaturated/α-hetero) is 2. The average molecular weight is 579 g/mol. The molecule has 6 atom stereocenters. The number of carbonyl (C=O) groups is 4. The van der Waals surface area contributed by atoms with Crippen molar-refractivity contribution in [2.45, 2.75) is 77.8 Å². The SMILES string of the molecule is COC1=C2C[C@H](C)C[C@H](OC)[C@H](O)[C@H](C)/C=C(/C)[C@H](OC(N)=O)[C@@H](OC)CC/C=C(\C)C(=O)NC(=C2O)C(=O)C1=O. The van der Waals surface area contributed by atoms with E-state index in [-0.39, 0.29) is 29.2 Å². The molecule has 41 heavy (non-hydrogen) atoms. The fraction of sp³-hybridized carbons (Fsp3) is 0.586. The highest BCUT2D eigenvalue weighted by Gasteiger charge is 2.38. The Balaban J connectivity index is 2.61. The number of allylic oxidation sites excluding steroid dienone is 4. The maximum atomic E-state index is 12.9. The summed E-state index contributed by atoms with van der Waals surface area (Å²) >= 11 is 0. The number of hydrogen-bond donors (Lipinski definition) is 4. The second-order valence-corrected chi connectivity index (χ2v) is 10.5. The normalized spacial score (nSPS) is 32.0. The van der Waals surface area contributed by atoms with Crippen LogP contribution in [0.4, 0.5) is 4.79 Å². The minimum absolute atomic E-state index is 0.0713. The first-order valence-corrected chi connectivity index (χ1v) is 13.4. The van der Waals surface area contributed by atoms with Crippen LogP contribution < -0.4 is 11.1 Å². The smallest absolute Gasteiger partial charge is 0.405 e. The van der Waals surface area contributed by atoms with E-state index in [1.165, 1.54) is 28.3 Å². The summed E-state index contributed by atoms with van der Waals surface area (Å²) in [5, 5.41) is 24.6. The second kappa shape index (κ2) is 14.9. The number of aliphatic hydroxyl groups excluding tert-OH is 2. The Morgan fingerprint density at radius 1 is 1.05 bits per heavy atom. The van der Waals surface area contributed by atoms with Crippen molar-refractivity contribution >= 4 is 23.6 Å². The van der Waals surface area contributed by atoms with Crippen molar-refractivity contribution < 1.29 is 48.3 Å². The van der Waals surface area contributed by atoms with Gasteiger partial charge in [0.25, 0.3) is 17.5 Å². The van der Waals surface area contributed by atoms with Gasteiger partial charge in [-0.05, 0) is 51.0 Å². The predicted molar refractivity (Wildman–Crippen MR) is 148 cm³/mol. The zero-order valence-corrected chi connectivity index (χ0v) is 24.7. The standard InChI is InChI=1S/C29H42N2O10/c1-14-11-18-23(33)21(24(34)25(35)27(18)40-7)31-28(36)15(2)9-8-10-19(38-5)26(41-29(30)37)17(4)13-16(3)22(32)20(12-14)39-6/h9,13-14,16,19-20,22,26,32-33H,8,10-12H2,1-7H3,(H2,30,37)(H,31,36)/b15-9+,17-13-/t14-,16+,19-,20-,22+,26-/m0/s1. The van der Waals surface area contributed by atoms with Gasteiger partial charge in [0, 0.05) is 31.3 Å². The molecule has 0 aromatic carbocycles. The van der Waals surface area contributed by atoms with E-state index in [1.54, 1.807) is 26.0 Å². The predicted octanol–water partition coefficient (Wildman–Crippen LogP) is 2.52. The lowest BCUT2D eigenvalue weighted by Gasteiger charge is -2.30. The van der Waals surface area contributed by atoms with Gasteiger partial charge in [-0.3, -0.25) is 14.4 Å². The van der Waals surface area contributed by atoms with E-state index in [0.29, 0.717) is 24.8 Å². The Morgan fingerprint density at radius 3 is 2.24 bits per heavy atom. The minimum atomic E-state index is -1.10. The molecule has 0 radical (unpaired) electrons. The first kappa shape index (κ1) is 33.7. The summed E-state index contributed by atoms with van der Waals surface area (Å²) in [6.45, 7) is 6.87. The second-order valence-electron chi connectivity index (χ2n) is 10.5. The van der Waals surface area contributed by atoms with Crippen LogP contribution in [-0.2, 0) is 33.3 Å². The minimum Gasteiger partial charge on any atom is -0.505 e. The number of methoxy groups -OCH3 is 3. The van der Waals surface area contributed by atoms with Gasteiger partial charge in [0.05, 0.1) is 25.4 Å². The Morgan fingerprint density at radius 2 is 1.68 bits per heavy atom. The van der Waals surface area contributed by atoms with E-state index in [1.807, 2.05) is 6.92 Å². The van der Waals surface area contributed by atoms with Gasteiger partial charge in [-0.2, -0.15) is 0 Å². The molecule has 0 saturated carbocycles. The first-order chi connectivity index (χ1) is 19.3. The van der Waals surface area contributed by atoms with Crippen molar-refractivity contribution in [3.8, 4) is 0 Å². The number of ether oxygens (including phenoxy) is 4. The molecule has 1 aliphatic carbocycles. The molecule has 1 heterocycles. The van der Waals surface area contributed by atoms with Gasteiger partial charge in [0.15, 0.2) is 11.9 Å². The van der Waals surface area contributed by atoms with Crippen LogP contribution in [-0.4, -0.2) is 79.5 Å². The van der Waals surface area contributed by atoms with E-state index in [2.05, 4.69) is 5.32 Å². The molecule has 0 unspecified atom stereocenters. The van der Waals surface area contributed by atoms with Gasteiger partial charge in [-0.25, -0.2) is 4.79 Å². The van der Waals surface area contributed by atoms with Crippen molar-refractivity contribution in [2.24, 2.45) is 17.6 Å². The monoisotopic (exact) mass is 578 g/mol. The van der Waals surface area contributed by atoms with Gasteiger partial charge in [0.1, 0.15) is 11.5 Å². The van der Waals surface area contributed by atoms with Crippen LogP contribution in [0.1, 0.15) is 53.4 Å². The molecule has 0 aromatic rings. The molecule has 2 rings (SSSR count). The highest BCUT2D eigenvalue weighted by molar-refractivity contribution is 6.50. The maximum Gasteiger partial charge on any atom is 0.405 e. The number of amides is 2. The lowest BCUT2D eigenvalue weighted by molar-refractivity contribution is -0.135. The van der Waals surface area contributed by atoms with E-state index in [9.17, 15) is 29.4 Å². The molecule has 12 nitrogen and oxygen atoms in total. The van der Waals surface area contributed by atoms with Crippen LogP contribution in [0, 0.1) is 11.8 Å². The summed E-state index contributed by atoms with van der Waals surface area (Å²) in [7, 11) is 4.13. The quantitative estimate of drug-likeness (QED) is 0.220. The third-order valence-corrected chi connectivity index (χ3v) is 7.41. The summed E-state index contributed by atoms with van der Waals surface area (Å²) in [4.78, 5) is 50.3. The van der Waals surface area contributed by atoms with E-state index >= 15 is 0 Å². The van der Waals surface area contributed by atoms with Crippen molar-refractivity contribution in [2.75, 3.05) is 21.3 Å². The third-order valence-electron chi connectivity index (χ3n) is 7.41. The fourth-order valence-corrected chi connectivity index (χ4v) is 5.14. The molecule has 5 N–H and O–H groups in total. The lowest BCUT2D eigenvalue weighted by atomic mass is 9.85. The molecule has 1 aliphatic heterocycles. The van der Waals surface area contributed by atoms with Crippen LogP contribution in [0.3, 0.4) is 0 Å². The molecule has 12 heteroatoms. The molecule has 2 aliphatic rings. The summed E-state index contributed by atoms with van der Waals surface area (Å²) < 4.78 is 21.8. The van der Waals surface area contributed by atoms with Gasteiger partial charge >= 0.3 is 6.09 Å². The highest BCUT2D eigenvalue weighted by Crippen LogP contribution is 2.32. The number of aliphatic hydroxyl groups is 2. The Bertz CT molecular complexity index is 1150. The van der Waals surface area contributed by atoms with Crippen LogP contribution in [0.15, 0.2) is 46.1 Å². The van der Waals surface area contributed by atoms with Crippen molar-refractivity contribution in [1.29, 1.82) is 0 Å². The van der Waals surface area contributed by atoms with Crippen molar-refractivity contribution in [1.82, 2.24) is 5.32 Å². The first-order valence-electron chi connectivity index (χ1n) is 13.4. The molecule has 228 valence electrons. The lowest BCUT2D eigenvalue weighted by Crippen LogP contribution is -2.38. The van der Waals surface area contributed by atoms with Gasteiger partial charge < -0.3 is 40.2 Å². The van der Waals surface area contributed by atoms with Gasteiger partial charge in [0.2, 0.25) is 0 Å². The van der Waals surface area contributed by atoms with E-state index < -0.39 is 65.4 Å². The van der Waals surface area contributed by atoms with E-state index in [0.717, 1.165) is 0 Å². The van der Waals surface area contributed by atoms with Crippen molar-refractivity contribution in [3.63, 3.8) is 0 Å². The largest absolute Gasteiger partial charge is 0.505 e. The number of rotatable bonds is 4. The number of nitrogens with one attached hydrogen (secondary N) is 1. The fourth-order valence-electron chi connectivity index (χ4n) is 5.14. The number of nitrogens with two attached hydrogens (primary N) is 1. The summed E-state index contributed by atoms with van der Waals surface area (Å²) in [5.41, 5.74) is 5.70. The Labute approximate surface area is 240 Å². The number of fused-ring (bicyclic) bond motifs is 1. The summed E-state index contributed by atoms with van der Waals surface area (Å²) in [6.07, 6.45) is 0.235. The number of primary amides is 1. The molecular weight excluding hydrogens is 536 g/mol. The average Bonchev–Trinajstić information content (AvgIpc) is 2.92. The molecule has 2 amide bonds. The van der Waals surface area contributed by atoms with Crippen LogP contribution >= 0.6 is 0 Å². The maximum absolute atomic E-state index is 12.9. The van der Waals surface area contributed by atoms with Crippen LogP contribution in [0.25, 0.3) is 0 Å². The molecule has 0 fully saturated rings. The van der Waals surface area contributed by atoms with E-state index in [4.69, 9.17) is 24.7 Å². The molecular formula is C29H42N2O10. The van der Waals surface area contributed by atoms with Gasteiger partial charge in [-0.1, -0.05) is 26.0 Å². The Hall–Kier alpha value is -3.48. The van der Waals surface area contributed by atoms with Crippen LogP contribution in [0.5, 0.6) is 0 Å². The molecule has 0 spiro atoms. The summed E-state index contributed by atoms with van der Waals surface area (Å²) in [6, 6.07) is 0.